The second kappa shape index (κ2) is 10.6. The van der Waals surface area contributed by atoms with Crippen molar-refractivity contribution >= 4 is 17.5 Å². The van der Waals surface area contributed by atoms with E-state index in [1.165, 1.54) is 0 Å². The van der Waals surface area contributed by atoms with Crippen LogP contribution in [0.4, 0.5) is 5.69 Å². The van der Waals surface area contributed by atoms with Gasteiger partial charge in [0.15, 0.2) is 11.5 Å². The van der Waals surface area contributed by atoms with Gasteiger partial charge in [0.05, 0.1) is 27.3 Å². The Morgan fingerprint density at radius 2 is 1.57 bits per heavy atom. The number of para-hydroxylation sites is 2. The number of benzene rings is 2. The van der Waals surface area contributed by atoms with Crippen LogP contribution in [0.15, 0.2) is 36.4 Å². The Balaban J connectivity index is 1.93. The van der Waals surface area contributed by atoms with Crippen LogP contribution in [-0.2, 0) is 16.1 Å². The van der Waals surface area contributed by atoms with Crippen molar-refractivity contribution < 1.29 is 19.1 Å². The number of hydrogen-bond donors (Lipinski definition) is 1. The van der Waals surface area contributed by atoms with Crippen molar-refractivity contribution in [3.8, 4) is 11.5 Å². The number of anilines is 1. The predicted molar refractivity (Wildman–Crippen MR) is 118 cm³/mol. The first-order valence-electron chi connectivity index (χ1n) is 9.75. The number of carbonyl (C=O) groups is 2. The van der Waals surface area contributed by atoms with E-state index in [2.05, 4.69) is 5.32 Å². The second-order valence-electron chi connectivity index (χ2n) is 7.39. The molecule has 0 aliphatic heterocycles. The Morgan fingerprint density at radius 1 is 0.933 bits per heavy atom. The molecule has 0 saturated carbocycles. The fourth-order valence-electron chi connectivity index (χ4n) is 3.27. The lowest BCUT2D eigenvalue weighted by Gasteiger charge is -2.23. The van der Waals surface area contributed by atoms with Crippen molar-refractivity contribution in [2.24, 2.45) is 0 Å². The van der Waals surface area contributed by atoms with E-state index in [-0.39, 0.29) is 24.9 Å². The van der Waals surface area contributed by atoms with Crippen LogP contribution in [0, 0.1) is 13.8 Å². The summed E-state index contributed by atoms with van der Waals surface area (Å²) < 4.78 is 10.7. The molecule has 0 heterocycles. The van der Waals surface area contributed by atoms with Gasteiger partial charge < -0.3 is 19.7 Å². The van der Waals surface area contributed by atoms with E-state index in [1.807, 2.05) is 50.2 Å². The first kappa shape index (κ1) is 23.2. The van der Waals surface area contributed by atoms with Crippen molar-refractivity contribution in [3.63, 3.8) is 0 Å². The third-order valence-electron chi connectivity index (χ3n) is 4.88. The maximum Gasteiger partial charge on any atom is 0.238 e. The largest absolute Gasteiger partial charge is 0.493 e. The summed E-state index contributed by atoms with van der Waals surface area (Å²) in [7, 11) is 6.63. The van der Waals surface area contributed by atoms with Crippen molar-refractivity contribution in [1.82, 2.24) is 9.80 Å². The summed E-state index contributed by atoms with van der Waals surface area (Å²) in [5, 5.41) is 2.94. The molecule has 0 fully saturated rings. The standard InChI is InChI=1S/C23H31N3O4/c1-16-9-7-10-17(2)22(16)24-20(27)14-25(3)15-21(28)26(4)13-18-11-8-12-19(29-5)23(18)30-6/h7-12H,13-15H2,1-6H3,(H,24,27). The fraction of sp³-hybridized carbons (Fsp3) is 0.391. The number of likely N-dealkylation sites (N-methyl/N-ethyl adjacent to an activating group) is 2. The SMILES string of the molecule is COc1cccc(CN(C)C(=O)CN(C)CC(=O)Nc2c(C)cccc2C)c1OC. The number of nitrogens with one attached hydrogen (secondary N) is 1. The Bertz CT molecular complexity index is 878. The zero-order chi connectivity index (χ0) is 22.3. The third kappa shape index (κ3) is 5.97. The van der Waals surface area contributed by atoms with Crippen molar-refractivity contribution in [1.29, 1.82) is 0 Å². The van der Waals surface area contributed by atoms with Crippen molar-refractivity contribution in [2.45, 2.75) is 20.4 Å². The molecule has 7 heteroatoms. The molecule has 2 aromatic rings. The van der Waals surface area contributed by atoms with Gasteiger partial charge in [-0.25, -0.2) is 0 Å². The number of carbonyl (C=O) groups excluding carboxylic acids is 2. The van der Waals surface area contributed by atoms with Crippen LogP contribution in [0.3, 0.4) is 0 Å². The van der Waals surface area contributed by atoms with Crippen LogP contribution >= 0.6 is 0 Å². The van der Waals surface area contributed by atoms with E-state index in [4.69, 9.17) is 9.47 Å². The normalized spacial score (nSPS) is 10.6. The Kier molecular flexibility index (Phi) is 8.24. The van der Waals surface area contributed by atoms with Crippen LogP contribution in [0.2, 0.25) is 0 Å². The maximum atomic E-state index is 12.6. The smallest absolute Gasteiger partial charge is 0.238 e. The first-order chi connectivity index (χ1) is 14.3. The summed E-state index contributed by atoms with van der Waals surface area (Å²) in [6.07, 6.45) is 0. The minimum Gasteiger partial charge on any atom is -0.493 e. The first-order valence-corrected chi connectivity index (χ1v) is 9.75. The van der Waals surface area contributed by atoms with E-state index in [9.17, 15) is 9.59 Å². The molecule has 0 aliphatic rings. The molecule has 7 nitrogen and oxygen atoms in total. The lowest BCUT2D eigenvalue weighted by atomic mass is 10.1. The zero-order valence-corrected chi connectivity index (χ0v) is 18.6. The van der Waals surface area contributed by atoms with Crippen LogP contribution < -0.4 is 14.8 Å². The average molecular weight is 414 g/mol. The molecule has 0 aliphatic carbocycles. The van der Waals surface area contributed by atoms with Gasteiger partial charge in [0, 0.05) is 24.8 Å². The van der Waals surface area contributed by atoms with E-state index < -0.39 is 0 Å². The van der Waals surface area contributed by atoms with E-state index in [0.29, 0.717) is 18.0 Å². The number of rotatable bonds is 9. The fourth-order valence-corrected chi connectivity index (χ4v) is 3.27. The van der Waals surface area contributed by atoms with Crippen molar-refractivity contribution in [3.05, 3.63) is 53.1 Å². The van der Waals surface area contributed by atoms with E-state index >= 15 is 0 Å². The van der Waals surface area contributed by atoms with Gasteiger partial charge in [-0.1, -0.05) is 30.3 Å². The topological polar surface area (TPSA) is 71.1 Å². The highest BCUT2D eigenvalue weighted by Gasteiger charge is 2.18. The van der Waals surface area contributed by atoms with E-state index in [0.717, 1.165) is 22.4 Å². The summed E-state index contributed by atoms with van der Waals surface area (Å²) in [5.74, 6) is 0.985. The Labute approximate surface area is 178 Å². The number of methoxy groups -OCH3 is 2. The lowest BCUT2D eigenvalue weighted by molar-refractivity contribution is -0.131. The number of hydrogen-bond acceptors (Lipinski definition) is 5. The summed E-state index contributed by atoms with van der Waals surface area (Å²) >= 11 is 0. The molecule has 0 saturated heterocycles. The monoisotopic (exact) mass is 413 g/mol. The highest BCUT2D eigenvalue weighted by Crippen LogP contribution is 2.31. The van der Waals surface area contributed by atoms with Gasteiger partial charge in [0.2, 0.25) is 11.8 Å². The third-order valence-corrected chi connectivity index (χ3v) is 4.88. The van der Waals surface area contributed by atoms with Gasteiger partial charge in [-0.15, -0.1) is 0 Å². The van der Waals surface area contributed by atoms with Crippen molar-refractivity contribution in [2.75, 3.05) is 46.7 Å². The Hall–Kier alpha value is -3.06. The minimum atomic E-state index is -0.153. The van der Waals surface area contributed by atoms with Crippen LogP contribution in [0.5, 0.6) is 11.5 Å². The van der Waals surface area contributed by atoms with Crippen LogP contribution in [0.1, 0.15) is 16.7 Å². The highest BCUT2D eigenvalue weighted by molar-refractivity contribution is 5.94. The highest BCUT2D eigenvalue weighted by atomic mass is 16.5. The summed E-state index contributed by atoms with van der Waals surface area (Å²) in [5.41, 5.74) is 3.69. The molecule has 2 amide bonds. The quantitative estimate of drug-likeness (QED) is 0.685. The maximum absolute atomic E-state index is 12.6. The number of aryl methyl sites for hydroxylation is 2. The molecule has 1 N–H and O–H groups in total. The summed E-state index contributed by atoms with van der Waals surface area (Å²) in [6.45, 7) is 4.54. The minimum absolute atomic E-state index is 0.0951. The van der Waals surface area contributed by atoms with E-state index in [1.54, 1.807) is 38.1 Å². The Morgan fingerprint density at radius 3 is 2.17 bits per heavy atom. The molecule has 30 heavy (non-hydrogen) atoms. The summed E-state index contributed by atoms with van der Waals surface area (Å²) in [6, 6.07) is 11.4. The molecule has 2 rings (SSSR count). The van der Waals surface area contributed by atoms with Crippen LogP contribution in [-0.4, -0.2) is 63.0 Å². The number of ether oxygens (including phenoxy) is 2. The van der Waals surface area contributed by atoms with Gasteiger partial charge in [-0.3, -0.25) is 14.5 Å². The zero-order valence-electron chi connectivity index (χ0n) is 18.6. The molecule has 0 spiro atoms. The average Bonchev–Trinajstić information content (AvgIpc) is 2.70. The molecule has 162 valence electrons. The number of nitrogens with zero attached hydrogens (tertiary/aromatic N) is 2. The van der Waals surface area contributed by atoms with Crippen LogP contribution in [0.25, 0.3) is 0 Å². The molecule has 0 unspecified atom stereocenters. The molecule has 0 atom stereocenters. The van der Waals surface area contributed by atoms with Gasteiger partial charge in [-0.05, 0) is 38.1 Å². The molecule has 0 bridgehead atoms. The number of amides is 2. The van der Waals surface area contributed by atoms with Gasteiger partial charge in [0.25, 0.3) is 0 Å². The second-order valence-corrected chi connectivity index (χ2v) is 7.39. The molecule has 0 radical (unpaired) electrons. The van der Waals surface area contributed by atoms with Gasteiger partial charge in [-0.2, -0.15) is 0 Å². The molecule has 2 aromatic carbocycles. The van der Waals surface area contributed by atoms with Gasteiger partial charge >= 0.3 is 0 Å². The lowest BCUT2D eigenvalue weighted by Crippen LogP contribution is -2.39. The van der Waals surface area contributed by atoms with Gasteiger partial charge in [0.1, 0.15) is 0 Å². The molecule has 0 aromatic heterocycles. The summed E-state index contributed by atoms with van der Waals surface area (Å²) in [4.78, 5) is 28.4. The molecular weight excluding hydrogens is 382 g/mol. The molecular formula is C23H31N3O4. The predicted octanol–water partition coefficient (Wildman–Crippen LogP) is 2.85.